The standard InChI is InChI=1S/C11H16.C3H6.2C2H6/c1-8(2)11-7-5-6-9(3)10(11)4;1-3-2;2*1-2/h5-8H,1-4H3;3H,1H2,2H3;2*1-2H3. The second kappa shape index (κ2) is 16.0. The molecule has 0 spiro atoms. The molecule has 0 aromatic heterocycles. The summed E-state index contributed by atoms with van der Waals surface area (Å²) in [6.07, 6.45) is 1.75. The van der Waals surface area contributed by atoms with Gasteiger partial charge in [-0.05, 0) is 43.4 Å². The van der Waals surface area contributed by atoms with Crippen LogP contribution >= 0.6 is 0 Å². The Hall–Kier alpha value is -1.04. The quantitative estimate of drug-likeness (QED) is 0.488. The molecule has 1 rings (SSSR count). The van der Waals surface area contributed by atoms with Gasteiger partial charge in [-0.15, -0.1) is 6.58 Å². The lowest BCUT2D eigenvalue weighted by Crippen LogP contribution is -1.93. The minimum Gasteiger partial charge on any atom is -0.103 e. The summed E-state index contributed by atoms with van der Waals surface area (Å²) >= 11 is 0. The highest BCUT2D eigenvalue weighted by Gasteiger charge is 2.03. The highest BCUT2D eigenvalue weighted by molar-refractivity contribution is 5.34. The molecule has 0 nitrogen and oxygen atoms in total. The minimum atomic E-state index is 0.648. The molecule has 1 aromatic carbocycles. The molecule has 0 radical (unpaired) electrons. The van der Waals surface area contributed by atoms with Gasteiger partial charge < -0.3 is 0 Å². The Labute approximate surface area is 116 Å². The summed E-state index contributed by atoms with van der Waals surface area (Å²) in [4.78, 5) is 0. The Kier molecular flexibility index (Phi) is 19.7. The topological polar surface area (TPSA) is 0 Å². The molecule has 0 aliphatic rings. The lowest BCUT2D eigenvalue weighted by molar-refractivity contribution is 0.854. The van der Waals surface area contributed by atoms with E-state index in [0.717, 1.165) is 0 Å². The lowest BCUT2D eigenvalue weighted by atomic mass is 9.95. The van der Waals surface area contributed by atoms with Crippen LogP contribution in [0.3, 0.4) is 0 Å². The van der Waals surface area contributed by atoms with Gasteiger partial charge in [-0.2, -0.15) is 0 Å². The van der Waals surface area contributed by atoms with E-state index in [1.54, 1.807) is 6.08 Å². The van der Waals surface area contributed by atoms with Crippen LogP contribution in [0.2, 0.25) is 0 Å². The predicted octanol–water partition coefficient (Wildman–Crippen LogP) is 6.67. The van der Waals surface area contributed by atoms with Gasteiger partial charge >= 0.3 is 0 Å². The van der Waals surface area contributed by atoms with E-state index in [4.69, 9.17) is 0 Å². The second-order valence-corrected chi connectivity index (χ2v) is 3.85. The number of hydrogen-bond donors (Lipinski definition) is 0. The highest BCUT2D eigenvalue weighted by Crippen LogP contribution is 2.20. The minimum absolute atomic E-state index is 0.648. The third-order valence-corrected chi connectivity index (χ3v) is 2.27. The van der Waals surface area contributed by atoms with Gasteiger partial charge in [0.25, 0.3) is 0 Å². The molecule has 0 aliphatic carbocycles. The van der Waals surface area contributed by atoms with Crippen molar-refractivity contribution in [2.75, 3.05) is 0 Å². The molecule has 1 aromatic rings. The predicted molar refractivity (Wildman–Crippen MR) is 88.6 cm³/mol. The Balaban J connectivity index is -0.000000274. The van der Waals surface area contributed by atoms with Crippen LogP contribution in [0.15, 0.2) is 30.9 Å². The van der Waals surface area contributed by atoms with E-state index < -0.39 is 0 Å². The SMILES string of the molecule is C=CC.CC.CC.Cc1cccc(C(C)C)c1C. The van der Waals surface area contributed by atoms with Crippen molar-refractivity contribution in [2.24, 2.45) is 0 Å². The number of benzene rings is 1. The molecule has 0 saturated heterocycles. The van der Waals surface area contributed by atoms with E-state index in [0.29, 0.717) is 5.92 Å². The first kappa shape index (κ1) is 22.2. The van der Waals surface area contributed by atoms with Gasteiger partial charge in [0.2, 0.25) is 0 Å². The van der Waals surface area contributed by atoms with Gasteiger partial charge in [-0.25, -0.2) is 0 Å². The molecular weight excluding hydrogens is 216 g/mol. The summed E-state index contributed by atoms with van der Waals surface area (Å²) in [5.74, 6) is 0.648. The maximum atomic E-state index is 3.36. The van der Waals surface area contributed by atoms with Gasteiger partial charge in [0.15, 0.2) is 0 Å². The molecule has 0 atom stereocenters. The first-order chi connectivity index (χ1) is 8.54. The Morgan fingerprint density at radius 1 is 1.00 bits per heavy atom. The lowest BCUT2D eigenvalue weighted by Gasteiger charge is -2.10. The molecule has 0 N–H and O–H groups in total. The second-order valence-electron chi connectivity index (χ2n) is 3.85. The summed E-state index contributed by atoms with van der Waals surface area (Å²) in [6.45, 7) is 22.1. The number of hydrogen-bond acceptors (Lipinski definition) is 0. The average Bonchev–Trinajstić information content (AvgIpc) is 2.38. The molecule has 0 unspecified atom stereocenters. The molecule has 0 aliphatic heterocycles. The molecule has 0 bridgehead atoms. The third kappa shape index (κ3) is 10.1. The van der Waals surface area contributed by atoms with Gasteiger partial charge in [-0.3, -0.25) is 0 Å². The summed E-state index contributed by atoms with van der Waals surface area (Å²) in [5, 5.41) is 0. The van der Waals surface area contributed by atoms with E-state index in [1.165, 1.54) is 16.7 Å². The highest BCUT2D eigenvalue weighted by atomic mass is 14.1. The maximum Gasteiger partial charge on any atom is -0.0216 e. The number of rotatable bonds is 1. The molecular formula is C18H34. The van der Waals surface area contributed by atoms with Crippen LogP contribution in [-0.4, -0.2) is 0 Å². The van der Waals surface area contributed by atoms with Gasteiger partial charge in [0.1, 0.15) is 0 Å². The first-order valence-corrected chi connectivity index (χ1v) is 7.17. The third-order valence-electron chi connectivity index (χ3n) is 2.27. The van der Waals surface area contributed by atoms with Crippen LogP contribution in [0.25, 0.3) is 0 Å². The summed E-state index contributed by atoms with van der Waals surface area (Å²) in [6, 6.07) is 6.52. The van der Waals surface area contributed by atoms with Crippen molar-refractivity contribution >= 4 is 0 Å². The van der Waals surface area contributed by atoms with Gasteiger partial charge in [0.05, 0.1) is 0 Å². The number of aryl methyl sites for hydroxylation is 1. The van der Waals surface area contributed by atoms with Crippen molar-refractivity contribution in [2.45, 2.75) is 68.2 Å². The molecule has 0 heterocycles. The van der Waals surface area contributed by atoms with Crippen LogP contribution in [-0.2, 0) is 0 Å². The van der Waals surface area contributed by atoms with Crippen LogP contribution < -0.4 is 0 Å². The zero-order valence-corrected chi connectivity index (χ0v) is 14.1. The fourth-order valence-corrected chi connectivity index (χ4v) is 1.40. The van der Waals surface area contributed by atoms with E-state index in [9.17, 15) is 0 Å². The average molecular weight is 250 g/mol. The van der Waals surface area contributed by atoms with Crippen LogP contribution in [0, 0.1) is 13.8 Å². The van der Waals surface area contributed by atoms with Crippen LogP contribution in [0.1, 0.15) is 71.1 Å². The van der Waals surface area contributed by atoms with Crippen LogP contribution in [0.4, 0.5) is 0 Å². The summed E-state index contributed by atoms with van der Waals surface area (Å²) in [5.41, 5.74) is 4.32. The van der Waals surface area contributed by atoms with Crippen molar-refractivity contribution in [3.05, 3.63) is 47.5 Å². The van der Waals surface area contributed by atoms with Gasteiger partial charge in [0, 0.05) is 0 Å². The maximum absolute atomic E-state index is 3.36. The molecule has 0 saturated carbocycles. The molecule has 0 fully saturated rings. The zero-order chi connectivity index (χ0) is 15.1. The van der Waals surface area contributed by atoms with Crippen molar-refractivity contribution in [1.82, 2.24) is 0 Å². The fourth-order valence-electron chi connectivity index (χ4n) is 1.40. The smallest absolute Gasteiger partial charge is 0.0216 e. The first-order valence-electron chi connectivity index (χ1n) is 7.17. The van der Waals surface area contributed by atoms with Crippen molar-refractivity contribution in [1.29, 1.82) is 0 Å². The monoisotopic (exact) mass is 250 g/mol. The normalized spacial score (nSPS) is 7.89. The van der Waals surface area contributed by atoms with E-state index in [2.05, 4.69) is 52.5 Å². The zero-order valence-electron chi connectivity index (χ0n) is 14.1. The molecule has 106 valence electrons. The van der Waals surface area contributed by atoms with Gasteiger partial charge in [-0.1, -0.05) is 65.8 Å². The fraction of sp³-hybridized carbons (Fsp3) is 0.556. The van der Waals surface area contributed by atoms with Crippen molar-refractivity contribution < 1.29 is 0 Å². The molecule has 18 heavy (non-hydrogen) atoms. The number of allylic oxidation sites excluding steroid dienone is 1. The van der Waals surface area contributed by atoms with E-state index >= 15 is 0 Å². The van der Waals surface area contributed by atoms with Crippen molar-refractivity contribution in [3.63, 3.8) is 0 Å². The Bertz CT molecular complexity index is 282. The Morgan fingerprint density at radius 2 is 1.39 bits per heavy atom. The summed E-state index contributed by atoms with van der Waals surface area (Å²) in [7, 11) is 0. The molecule has 0 heteroatoms. The van der Waals surface area contributed by atoms with Crippen LogP contribution in [0.5, 0.6) is 0 Å². The summed E-state index contributed by atoms with van der Waals surface area (Å²) < 4.78 is 0. The largest absolute Gasteiger partial charge is 0.103 e. The van der Waals surface area contributed by atoms with E-state index in [-0.39, 0.29) is 0 Å². The Morgan fingerprint density at radius 3 is 1.67 bits per heavy atom. The molecule has 0 amide bonds. The van der Waals surface area contributed by atoms with E-state index in [1.807, 2.05) is 34.6 Å². The van der Waals surface area contributed by atoms with Crippen molar-refractivity contribution in [3.8, 4) is 0 Å².